The van der Waals surface area contributed by atoms with E-state index in [0.717, 1.165) is 32.6 Å². The molecule has 3 heterocycles. The molecular formula is C13H23N5O2S. The van der Waals surface area contributed by atoms with Gasteiger partial charge in [0.15, 0.2) is 0 Å². The summed E-state index contributed by atoms with van der Waals surface area (Å²) >= 11 is 0. The number of rotatable bonds is 3. The molecular weight excluding hydrogens is 290 g/mol. The fourth-order valence-corrected chi connectivity index (χ4v) is 4.74. The zero-order chi connectivity index (χ0) is 15.0. The van der Waals surface area contributed by atoms with Crippen LogP contribution in [0.15, 0.2) is 11.1 Å². The highest BCUT2D eigenvalue weighted by atomic mass is 32.2. The summed E-state index contributed by atoms with van der Waals surface area (Å²) in [6, 6.07) is 0.565. The summed E-state index contributed by atoms with van der Waals surface area (Å²) < 4.78 is 28.6. The van der Waals surface area contributed by atoms with Crippen molar-refractivity contribution in [3.05, 3.63) is 11.9 Å². The summed E-state index contributed by atoms with van der Waals surface area (Å²) in [5.74, 6) is 0. The number of hydrogen-bond donors (Lipinski definition) is 1. The predicted molar refractivity (Wildman–Crippen MR) is 79.6 cm³/mol. The molecule has 3 rings (SSSR count). The molecule has 7 nitrogen and oxygen atoms in total. The highest BCUT2D eigenvalue weighted by Gasteiger charge is 2.33. The monoisotopic (exact) mass is 313 g/mol. The molecule has 0 spiro atoms. The van der Waals surface area contributed by atoms with Gasteiger partial charge in [0.25, 0.3) is 0 Å². The van der Waals surface area contributed by atoms with Gasteiger partial charge in [0.1, 0.15) is 4.90 Å². The van der Waals surface area contributed by atoms with Crippen molar-refractivity contribution in [1.82, 2.24) is 24.3 Å². The Morgan fingerprint density at radius 3 is 2.52 bits per heavy atom. The van der Waals surface area contributed by atoms with Crippen LogP contribution in [0.4, 0.5) is 0 Å². The number of aromatic nitrogens is 2. The Labute approximate surface area is 126 Å². The van der Waals surface area contributed by atoms with E-state index in [-0.39, 0.29) is 0 Å². The van der Waals surface area contributed by atoms with Gasteiger partial charge in [-0.05, 0) is 19.9 Å². The molecule has 2 aliphatic rings. The third-order valence-electron chi connectivity index (χ3n) is 4.63. The first-order chi connectivity index (χ1) is 10.00. The van der Waals surface area contributed by atoms with Crippen molar-refractivity contribution in [2.24, 2.45) is 7.05 Å². The smallest absolute Gasteiger partial charge is 0.246 e. The zero-order valence-electron chi connectivity index (χ0n) is 12.6. The molecule has 0 aromatic carbocycles. The SMILES string of the molecule is Cc1c(S(=O)(=O)N2CCN(C3CCNC3)CC2)cnn1C. The standard InChI is InChI=1S/C13H23N5O2S/c1-11-13(10-15-16(11)2)21(19,20)18-7-5-17(6-8-18)12-3-4-14-9-12/h10,12,14H,3-9H2,1-2H3. The molecule has 21 heavy (non-hydrogen) atoms. The molecule has 8 heteroatoms. The molecule has 0 aliphatic carbocycles. The first kappa shape index (κ1) is 15.0. The third kappa shape index (κ3) is 2.73. The molecule has 0 amide bonds. The van der Waals surface area contributed by atoms with Gasteiger partial charge in [-0.25, -0.2) is 8.42 Å². The Balaban J connectivity index is 1.69. The number of nitrogens with one attached hydrogen (secondary N) is 1. The van der Waals surface area contributed by atoms with E-state index in [1.165, 1.54) is 6.20 Å². The molecule has 1 aromatic rings. The number of sulfonamides is 1. The average Bonchev–Trinajstić information content (AvgIpc) is 3.11. The van der Waals surface area contributed by atoms with E-state index in [1.54, 1.807) is 23.0 Å². The number of aryl methyl sites for hydroxylation is 1. The minimum Gasteiger partial charge on any atom is -0.315 e. The first-order valence-corrected chi connectivity index (χ1v) is 8.87. The Morgan fingerprint density at radius 2 is 2.00 bits per heavy atom. The molecule has 0 radical (unpaired) electrons. The zero-order valence-corrected chi connectivity index (χ0v) is 13.4. The molecule has 1 atom stereocenters. The van der Waals surface area contributed by atoms with Crippen LogP contribution in [-0.4, -0.2) is 72.7 Å². The van der Waals surface area contributed by atoms with Gasteiger partial charge >= 0.3 is 0 Å². The van der Waals surface area contributed by atoms with Crippen molar-refractivity contribution in [3.8, 4) is 0 Å². The van der Waals surface area contributed by atoms with Crippen molar-refractivity contribution in [2.75, 3.05) is 39.3 Å². The van der Waals surface area contributed by atoms with Crippen LogP contribution in [0.1, 0.15) is 12.1 Å². The van der Waals surface area contributed by atoms with Gasteiger partial charge in [-0.1, -0.05) is 0 Å². The van der Waals surface area contributed by atoms with Gasteiger partial charge in [-0.3, -0.25) is 9.58 Å². The van der Waals surface area contributed by atoms with E-state index in [0.29, 0.717) is 29.7 Å². The van der Waals surface area contributed by atoms with Crippen LogP contribution in [0, 0.1) is 6.92 Å². The molecule has 2 fully saturated rings. The molecule has 1 N–H and O–H groups in total. The van der Waals surface area contributed by atoms with E-state index < -0.39 is 10.0 Å². The Hall–Kier alpha value is -0.960. The van der Waals surface area contributed by atoms with E-state index in [9.17, 15) is 8.42 Å². The van der Waals surface area contributed by atoms with Crippen LogP contribution in [-0.2, 0) is 17.1 Å². The Bertz CT molecular complexity index is 598. The number of nitrogens with zero attached hydrogens (tertiary/aromatic N) is 4. The van der Waals surface area contributed by atoms with Crippen LogP contribution in [0.25, 0.3) is 0 Å². The molecule has 2 aliphatic heterocycles. The molecule has 0 bridgehead atoms. The molecule has 1 unspecified atom stereocenters. The lowest BCUT2D eigenvalue weighted by Crippen LogP contribution is -2.52. The van der Waals surface area contributed by atoms with Gasteiger partial charge in [-0.2, -0.15) is 9.40 Å². The highest BCUT2D eigenvalue weighted by molar-refractivity contribution is 7.89. The van der Waals surface area contributed by atoms with Crippen LogP contribution < -0.4 is 5.32 Å². The quantitative estimate of drug-likeness (QED) is 0.807. The number of piperazine rings is 1. The van der Waals surface area contributed by atoms with E-state index in [1.807, 2.05) is 0 Å². The second kappa shape index (κ2) is 5.68. The van der Waals surface area contributed by atoms with Gasteiger partial charge in [0.05, 0.1) is 11.9 Å². The normalized spacial score (nSPS) is 25.5. The second-order valence-electron chi connectivity index (χ2n) is 5.80. The van der Waals surface area contributed by atoms with Crippen LogP contribution in [0.2, 0.25) is 0 Å². The lowest BCUT2D eigenvalue weighted by Gasteiger charge is -2.37. The van der Waals surface area contributed by atoms with Gasteiger partial charge in [0, 0.05) is 45.8 Å². The minimum absolute atomic E-state index is 0.334. The first-order valence-electron chi connectivity index (χ1n) is 7.43. The van der Waals surface area contributed by atoms with Crippen LogP contribution in [0.5, 0.6) is 0 Å². The number of hydrogen-bond acceptors (Lipinski definition) is 5. The maximum atomic E-state index is 12.7. The highest BCUT2D eigenvalue weighted by Crippen LogP contribution is 2.21. The maximum absolute atomic E-state index is 12.7. The molecule has 1 aromatic heterocycles. The predicted octanol–water partition coefficient (Wildman–Crippen LogP) is -0.603. The van der Waals surface area contributed by atoms with Crippen molar-refractivity contribution in [2.45, 2.75) is 24.3 Å². The summed E-state index contributed by atoms with van der Waals surface area (Å²) in [7, 11) is -1.65. The second-order valence-corrected chi connectivity index (χ2v) is 7.71. The van der Waals surface area contributed by atoms with Gasteiger partial charge < -0.3 is 5.32 Å². The van der Waals surface area contributed by atoms with Crippen molar-refractivity contribution in [3.63, 3.8) is 0 Å². The summed E-state index contributed by atoms with van der Waals surface area (Å²) in [5.41, 5.74) is 0.692. The average molecular weight is 313 g/mol. The summed E-state index contributed by atoms with van der Waals surface area (Å²) in [5, 5.41) is 7.41. The largest absolute Gasteiger partial charge is 0.315 e. The van der Waals surface area contributed by atoms with Crippen LogP contribution in [0.3, 0.4) is 0 Å². The maximum Gasteiger partial charge on any atom is 0.246 e. The van der Waals surface area contributed by atoms with Gasteiger partial charge in [-0.15, -0.1) is 0 Å². The lowest BCUT2D eigenvalue weighted by atomic mass is 10.2. The van der Waals surface area contributed by atoms with Crippen molar-refractivity contribution >= 4 is 10.0 Å². The fourth-order valence-electron chi connectivity index (χ4n) is 3.13. The summed E-state index contributed by atoms with van der Waals surface area (Å²) in [4.78, 5) is 2.74. The van der Waals surface area contributed by atoms with Crippen molar-refractivity contribution < 1.29 is 8.42 Å². The minimum atomic E-state index is -3.41. The van der Waals surface area contributed by atoms with E-state index in [4.69, 9.17) is 0 Å². The Kier molecular flexibility index (Phi) is 4.04. The Morgan fingerprint density at radius 1 is 1.29 bits per heavy atom. The topological polar surface area (TPSA) is 70.5 Å². The summed E-state index contributed by atoms with van der Waals surface area (Å²) in [6.07, 6.45) is 2.62. The van der Waals surface area contributed by atoms with Crippen molar-refractivity contribution in [1.29, 1.82) is 0 Å². The van der Waals surface area contributed by atoms with E-state index >= 15 is 0 Å². The van der Waals surface area contributed by atoms with Gasteiger partial charge in [0.2, 0.25) is 10.0 Å². The van der Waals surface area contributed by atoms with Crippen LogP contribution >= 0.6 is 0 Å². The lowest BCUT2D eigenvalue weighted by molar-refractivity contribution is 0.145. The molecule has 118 valence electrons. The molecule has 2 saturated heterocycles. The summed E-state index contributed by atoms with van der Waals surface area (Å²) in [6.45, 7) is 6.63. The van der Waals surface area contributed by atoms with E-state index in [2.05, 4.69) is 15.3 Å². The third-order valence-corrected chi connectivity index (χ3v) is 6.63. The fraction of sp³-hybridized carbons (Fsp3) is 0.769. The molecule has 0 saturated carbocycles.